The number of ketones is 1. The molecule has 9 nitrogen and oxygen atoms in total. The largest absolute Gasteiger partial charge is 0.392 e. The number of nitrogens with zero attached hydrogens (tertiary/aromatic N) is 1. The van der Waals surface area contributed by atoms with Crippen LogP contribution in [-0.2, 0) is 4.79 Å². The predicted molar refractivity (Wildman–Crippen MR) is 154 cm³/mol. The Morgan fingerprint density at radius 1 is 0.800 bits per heavy atom. The average Bonchev–Trinajstić information content (AvgIpc) is 2.99. The van der Waals surface area contributed by atoms with Crippen LogP contribution in [0.1, 0.15) is 24.8 Å². The van der Waals surface area contributed by atoms with Crippen LogP contribution in [0.25, 0.3) is 27.1 Å². The number of hydrogen-bond acceptors (Lipinski definition) is 9. The number of benzene rings is 4. The molecule has 0 bridgehead atoms. The van der Waals surface area contributed by atoms with Gasteiger partial charge in [-0.1, -0.05) is 43.3 Å². The number of Topliss-reactive ketones (excluding diaryl/α,β-unsaturated/α-hetero) is 1. The Bertz CT molecular complexity index is 1830. The first-order valence-electron chi connectivity index (χ1n) is 13.5. The molecule has 3 aliphatic rings. The second-order valence-corrected chi connectivity index (χ2v) is 10.9. The first kappa shape index (κ1) is 25.0. The van der Waals surface area contributed by atoms with Crippen molar-refractivity contribution in [2.45, 2.75) is 36.7 Å². The Morgan fingerprint density at radius 2 is 1.48 bits per heavy atom. The number of carbonyl (C=O) groups excluding carboxylic acids is 1. The molecule has 2 aliphatic heterocycles. The molecule has 0 amide bonds. The van der Waals surface area contributed by atoms with Crippen LogP contribution < -0.4 is 26.5 Å². The molecule has 3 atom stereocenters. The molecule has 40 heavy (non-hydrogen) atoms. The van der Waals surface area contributed by atoms with Gasteiger partial charge in [0.25, 0.3) is 0 Å². The second-order valence-electron chi connectivity index (χ2n) is 10.9. The topological polar surface area (TPSA) is 146 Å². The lowest BCUT2D eigenvalue weighted by Gasteiger charge is -2.40. The zero-order chi connectivity index (χ0) is 27.8. The van der Waals surface area contributed by atoms with E-state index in [9.17, 15) is 25.2 Å². The van der Waals surface area contributed by atoms with Crippen LogP contribution >= 0.6 is 0 Å². The van der Waals surface area contributed by atoms with E-state index in [2.05, 4.69) is 16.0 Å². The Labute approximate surface area is 229 Å². The lowest BCUT2D eigenvalue weighted by Crippen LogP contribution is -2.54. The molecule has 0 radical (unpaired) electrons. The van der Waals surface area contributed by atoms with E-state index >= 15 is 0 Å². The van der Waals surface area contributed by atoms with E-state index in [4.69, 9.17) is 4.99 Å². The van der Waals surface area contributed by atoms with Crippen molar-refractivity contribution in [1.82, 2.24) is 0 Å². The maximum absolute atomic E-state index is 13.8. The van der Waals surface area contributed by atoms with Gasteiger partial charge >= 0.3 is 0 Å². The third kappa shape index (κ3) is 3.29. The van der Waals surface area contributed by atoms with Gasteiger partial charge in [-0.25, -0.2) is 0 Å². The highest BCUT2D eigenvalue weighted by Gasteiger charge is 2.47. The molecule has 1 fully saturated rings. The summed E-state index contributed by atoms with van der Waals surface area (Å²) in [5, 5.41) is 55.9. The van der Waals surface area contributed by atoms with E-state index in [1.165, 1.54) is 0 Å². The van der Waals surface area contributed by atoms with E-state index in [1.54, 1.807) is 0 Å². The molecule has 4 aromatic carbocycles. The van der Waals surface area contributed by atoms with Gasteiger partial charge in [0.1, 0.15) is 0 Å². The molecule has 1 saturated carbocycles. The Morgan fingerprint density at radius 3 is 2.12 bits per heavy atom. The minimum Gasteiger partial charge on any atom is -0.392 e. The van der Waals surface area contributed by atoms with Gasteiger partial charge in [0.2, 0.25) is 0 Å². The van der Waals surface area contributed by atoms with Crippen molar-refractivity contribution in [1.29, 1.82) is 0 Å². The summed E-state index contributed by atoms with van der Waals surface area (Å²) >= 11 is 0. The SMILES string of the molecule is CCC1(CO)N=c2ccc(=C3C(=O)C(c4ccc5c6c(cccc46)NC(CO)(CO)N5)C3O)c3cccc(c23)N1. The molecule has 7 rings (SSSR count). The Hall–Kier alpha value is -4.02. The number of nitrogens with one attached hydrogen (secondary N) is 3. The summed E-state index contributed by atoms with van der Waals surface area (Å²) < 4.78 is 0. The smallest absolute Gasteiger partial charge is 0.172 e. The summed E-state index contributed by atoms with van der Waals surface area (Å²) in [6.45, 7) is 1.18. The average molecular weight is 539 g/mol. The lowest BCUT2D eigenvalue weighted by atomic mass is 9.69. The molecule has 0 spiro atoms. The van der Waals surface area contributed by atoms with Crippen molar-refractivity contribution in [2.24, 2.45) is 4.99 Å². The van der Waals surface area contributed by atoms with Gasteiger partial charge in [-0.15, -0.1) is 0 Å². The van der Waals surface area contributed by atoms with Crippen LogP contribution in [0.2, 0.25) is 0 Å². The third-order valence-electron chi connectivity index (χ3n) is 8.71. The van der Waals surface area contributed by atoms with Gasteiger partial charge in [-0.05, 0) is 52.2 Å². The van der Waals surface area contributed by atoms with Crippen molar-refractivity contribution in [2.75, 3.05) is 35.8 Å². The Kier molecular flexibility index (Phi) is 5.46. The normalized spacial score (nSPS) is 25.5. The molecule has 204 valence electrons. The number of hydrogen-bond donors (Lipinski definition) is 7. The summed E-state index contributed by atoms with van der Waals surface area (Å²) in [5.41, 5.74) is 1.50. The number of anilines is 3. The van der Waals surface area contributed by atoms with Crippen molar-refractivity contribution < 1.29 is 25.2 Å². The summed E-state index contributed by atoms with van der Waals surface area (Å²) in [6, 6.07) is 18.8. The van der Waals surface area contributed by atoms with Crippen LogP contribution in [0.5, 0.6) is 0 Å². The zero-order valence-corrected chi connectivity index (χ0v) is 21.9. The third-order valence-corrected chi connectivity index (χ3v) is 8.71. The lowest BCUT2D eigenvalue weighted by molar-refractivity contribution is -0.121. The Balaban J connectivity index is 1.35. The summed E-state index contributed by atoms with van der Waals surface area (Å²) in [6.07, 6.45) is -0.390. The van der Waals surface area contributed by atoms with E-state index in [0.717, 1.165) is 49.5 Å². The van der Waals surface area contributed by atoms with E-state index < -0.39 is 23.3 Å². The number of carbonyl (C=O) groups is 1. The second kappa shape index (κ2) is 8.74. The van der Waals surface area contributed by atoms with E-state index in [-0.39, 0.29) is 25.6 Å². The highest BCUT2D eigenvalue weighted by molar-refractivity contribution is 6.29. The molecule has 9 heteroatoms. The number of rotatable bonds is 5. The highest BCUT2D eigenvalue weighted by Crippen LogP contribution is 2.46. The first-order chi connectivity index (χ1) is 19.4. The molecule has 3 unspecified atom stereocenters. The quantitative estimate of drug-likeness (QED) is 0.203. The summed E-state index contributed by atoms with van der Waals surface area (Å²) in [5.74, 6) is -0.859. The fraction of sp³-hybridized carbons (Fsp3) is 0.290. The van der Waals surface area contributed by atoms with Crippen LogP contribution in [0.15, 0.2) is 65.7 Å². The van der Waals surface area contributed by atoms with E-state index in [1.807, 2.05) is 67.6 Å². The molecule has 0 saturated heterocycles. The van der Waals surface area contributed by atoms with Crippen LogP contribution in [0, 0.1) is 0 Å². The fourth-order valence-electron chi connectivity index (χ4n) is 6.48. The van der Waals surface area contributed by atoms with E-state index in [0.29, 0.717) is 17.2 Å². The van der Waals surface area contributed by atoms with Gasteiger partial charge < -0.3 is 36.4 Å². The van der Waals surface area contributed by atoms with Gasteiger partial charge in [0.05, 0.1) is 37.2 Å². The molecule has 7 N–H and O–H groups in total. The van der Waals surface area contributed by atoms with Crippen molar-refractivity contribution in [3.8, 4) is 0 Å². The van der Waals surface area contributed by atoms with Gasteiger partial charge in [-0.2, -0.15) is 0 Å². The van der Waals surface area contributed by atoms with Gasteiger partial charge in [-0.3, -0.25) is 9.79 Å². The molecular weight excluding hydrogens is 508 g/mol. The molecule has 0 aromatic heterocycles. The maximum atomic E-state index is 13.8. The monoisotopic (exact) mass is 538 g/mol. The summed E-state index contributed by atoms with van der Waals surface area (Å²) in [4.78, 5) is 18.6. The molecular formula is C31H30N4O5. The zero-order valence-electron chi connectivity index (χ0n) is 21.9. The number of aliphatic hydroxyl groups excluding tert-OH is 4. The van der Waals surface area contributed by atoms with Crippen LogP contribution in [-0.4, -0.2) is 63.5 Å². The molecule has 2 heterocycles. The van der Waals surface area contributed by atoms with Crippen LogP contribution in [0.4, 0.5) is 17.1 Å². The summed E-state index contributed by atoms with van der Waals surface area (Å²) in [7, 11) is 0. The number of aliphatic hydroxyl groups is 4. The fourth-order valence-corrected chi connectivity index (χ4v) is 6.48. The van der Waals surface area contributed by atoms with Crippen molar-refractivity contribution >= 4 is 50.0 Å². The van der Waals surface area contributed by atoms with Crippen LogP contribution in [0.3, 0.4) is 0 Å². The van der Waals surface area contributed by atoms with Gasteiger partial charge in [0, 0.05) is 33.4 Å². The minimum atomic E-state index is -1.10. The minimum absolute atomic E-state index is 0.135. The standard InChI is InChI=1S/C31H30N4O5/c1-2-30(13-36)32-20-7-3-5-16-18(9-11-22(33-30)24(16)20)26-28(39)27(29(26)40)19-10-12-23-25-17(19)6-4-8-21(25)34-31(14-37,15-38)35-23/h3-12,27-28,32,34-39H,2,13-15H2,1H3. The molecule has 4 aromatic rings. The maximum Gasteiger partial charge on any atom is 0.172 e. The highest BCUT2D eigenvalue weighted by atomic mass is 16.3. The van der Waals surface area contributed by atoms with Crippen molar-refractivity contribution in [3.05, 3.63) is 76.8 Å². The van der Waals surface area contributed by atoms with Crippen molar-refractivity contribution in [3.63, 3.8) is 0 Å². The molecule has 1 aliphatic carbocycles. The van der Waals surface area contributed by atoms with Gasteiger partial charge in [0.15, 0.2) is 17.1 Å². The first-order valence-corrected chi connectivity index (χ1v) is 13.5. The predicted octanol–water partition coefficient (Wildman–Crippen LogP) is 1.53.